The topological polar surface area (TPSA) is 56.9 Å². The van der Waals surface area contributed by atoms with Crippen molar-refractivity contribution in [2.24, 2.45) is 10.4 Å². The first kappa shape index (κ1) is 16.3. The zero-order valence-electron chi connectivity index (χ0n) is 12.7. The molecule has 0 spiro atoms. The fraction of sp³-hybridized carbons (Fsp3) is 0.467. The van der Waals surface area contributed by atoms with Gasteiger partial charge >= 0.3 is 0 Å². The number of ether oxygens (including phenoxy) is 1. The molecule has 0 aromatic carbocycles. The van der Waals surface area contributed by atoms with Crippen molar-refractivity contribution in [2.75, 3.05) is 14.2 Å². The molecule has 0 amide bonds. The molecule has 1 aliphatic carbocycles. The number of allylic oxidation sites excluding steroid dienone is 1. The van der Waals surface area contributed by atoms with E-state index < -0.39 is 16.7 Å². The van der Waals surface area contributed by atoms with E-state index in [-0.39, 0.29) is 0 Å². The number of rotatable bonds is 7. The van der Waals surface area contributed by atoms with Crippen LogP contribution in [-0.4, -0.2) is 48.2 Å². The Labute approximate surface area is 120 Å². The summed E-state index contributed by atoms with van der Waals surface area (Å²) in [6, 6.07) is 0. The quantitative estimate of drug-likeness (QED) is 0.242. The second-order valence-electron chi connectivity index (χ2n) is 5.19. The first-order chi connectivity index (χ1) is 9.17. The van der Waals surface area contributed by atoms with Gasteiger partial charge in [0, 0.05) is 14.2 Å². The Bertz CT molecular complexity index is 511. The third kappa shape index (κ3) is 1.70. The summed E-state index contributed by atoms with van der Waals surface area (Å²) < 4.78 is 6.89. The van der Waals surface area contributed by atoms with E-state index in [9.17, 15) is 5.11 Å². The van der Waals surface area contributed by atoms with E-state index in [4.69, 9.17) is 4.74 Å². The zero-order valence-corrected chi connectivity index (χ0v) is 12.7. The Balaban J connectivity index is 3.18. The molecule has 0 aromatic rings. The maximum absolute atomic E-state index is 10.8. The van der Waals surface area contributed by atoms with Gasteiger partial charge in [0.05, 0.1) is 12.1 Å². The van der Waals surface area contributed by atoms with Crippen LogP contribution in [0.5, 0.6) is 0 Å². The standard InChI is InChI=1S/C15H24N3O2/c1-9-11(2)13(4)14(5,15(13,19)20-8)18(7)10-17-12(3)16-6/h9-10,16,19H,1-3,7H2,4-6,8H3/q+1/b17-10-. The summed E-state index contributed by atoms with van der Waals surface area (Å²) in [7, 11) is 3.18. The van der Waals surface area contributed by atoms with Gasteiger partial charge in [0.25, 0.3) is 6.34 Å². The zero-order chi connectivity index (χ0) is 15.8. The Morgan fingerprint density at radius 3 is 2.35 bits per heavy atom. The molecule has 110 valence electrons. The minimum absolute atomic E-state index is 0.494. The van der Waals surface area contributed by atoms with Crippen molar-refractivity contribution in [1.29, 1.82) is 0 Å². The Kier molecular flexibility index (Phi) is 4.08. The van der Waals surface area contributed by atoms with Crippen molar-refractivity contribution < 1.29 is 14.4 Å². The van der Waals surface area contributed by atoms with Gasteiger partial charge in [-0.1, -0.05) is 19.2 Å². The molecule has 20 heavy (non-hydrogen) atoms. The first-order valence-electron chi connectivity index (χ1n) is 6.27. The van der Waals surface area contributed by atoms with Gasteiger partial charge < -0.3 is 15.2 Å². The third-order valence-electron chi connectivity index (χ3n) is 4.65. The van der Waals surface area contributed by atoms with Gasteiger partial charge in [0.1, 0.15) is 0 Å². The summed E-state index contributed by atoms with van der Waals surface area (Å²) in [5.41, 5.74) is -0.859. The van der Waals surface area contributed by atoms with Gasteiger partial charge in [-0.25, -0.2) is 4.58 Å². The van der Waals surface area contributed by atoms with Crippen molar-refractivity contribution in [2.45, 2.75) is 25.2 Å². The average molecular weight is 278 g/mol. The van der Waals surface area contributed by atoms with Crippen molar-refractivity contribution in [1.82, 2.24) is 5.32 Å². The summed E-state index contributed by atoms with van der Waals surface area (Å²) in [4.78, 5) is 4.11. The van der Waals surface area contributed by atoms with Crippen LogP contribution in [0.3, 0.4) is 0 Å². The predicted molar refractivity (Wildman–Crippen MR) is 81.9 cm³/mol. The molecule has 2 N–H and O–H groups in total. The number of aliphatic hydroxyl groups is 1. The van der Waals surface area contributed by atoms with E-state index in [0.717, 1.165) is 0 Å². The van der Waals surface area contributed by atoms with Gasteiger partial charge in [-0.3, -0.25) is 0 Å². The molecule has 1 aliphatic rings. The maximum Gasteiger partial charge on any atom is 0.288 e. The van der Waals surface area contributed by atoms with Crippen LogP contribution in [0.15, 0.2) is 42.2 Å². The molecule has 0 aromatic heterocycles. The summed E-state index contributed by atoms with van der Waals surface area (Å²) in [5.74, 6) is -0.923. The van der Waals surface area contributed by atoms with E-state index in [2.05, 4.69) is 36.8 Å². The molecular weight excluding hydrogens is 254 g/mol. The molecule has 0 bridgehead atoms. The molecular formula is C15H24N3O2+. The summed E-state index contributed by atoms with van der Waals surface area (Å²) in [6.45, 7) is 19.0. The number of methoxy groups -OCH3 is 1. The van der Waals surface area contributed by atoms with E-state index in [1.807, 2.05) is 13.8 Å². The molecule has 1 saturated carbocycles. The second-order valence-corrected chi connectivity index (χ2v) is 5.19. The fourth-order valence-corrected chi connectivity index (χ4v) is 2.76. The van der Waals surface area contributed by atoms with Crippen LogP contribution >= 0.6 is 0 Å². The van der Waals surface area contributed by atoms with Gasteiger partial charge in [0.2, 0.25) is 11.6 Å². The van der Waals surface area contributed by atoms with Crippen molar-refractivity contribution in [3.05, 3.63) is 37.2 Å². The van der Waals surface area contributed by atoms with Crippen LogP contribution in [0.2, 0.25) is 0 Å². The molecule has 1 rings (SSSR count). The highest BCUT2D eigenvalue weighted by Crippen LogP contribution is 2.70. The first-order valence-corrected chi connectivity index (χ1v) is 6.27. The van der Waals surface area contributed by atoms with Crippen LogP contribution in [0.1, 0.15) is 13.8 Å². The molecule has 0 heterocycles. The minimum Gasteiger partial charge on any atom is -0.361 e. The van der Waals surface area contributed by atoms with Crippen LogP contribution in [0.25, 0.3) is 0 Å². The van der Waals surface area contributed by atoms with E-state index in [0.29, 0.717) is 11.4 Å². The SMILES string of the molecule is C=CC(=C)C1(C)C(O)(OC)C1(C)[N+](=C)/C=N\C(=C)NC. The Morgan fingerprint density at radius 2 is 1.95 bits per heavy atom. The molecule has 3 unspecified atom stereocenters. The van der Waals surface area contributed by atoms with Gasteiger partial charge in [-0.05, 0) is 31.0 Å². The van der Waals surface area contributed by atoms with E-state index >= 15 is 0 Å². The van der Waals surface area contributed by atoms with Gasteiger partial charge in [-0.2, -0.15) is 0 Å². The summed E-state index contributed by atoms with van der Waals surface area (Å²) in [6.07, 6.45) is 3.12. The number of aliphatic imine (C=N–C) groups is 1. The van der Waals surface area contributed by atoms with Crippen LogP contribution in [0.4, 0.5) is 0 Å². The molecule has 5 heteroatoms. The molecule has 3 atom stereocenters. The lowest BCUT2D eigenvalue weighted by atomic mass is 9.93. The molecule has 0 aliphatic heterocycles. The maximum atomic E-state index is 10.8. The monoisotopic (exact) mass is 278 g/mol. The molecule has 0 radical (unpaired) electrons. The third-order valence-corrected chi connectivity index (χ3v) is 4.65. The lowest BCUT2D eigenvalue weighted by molar-refractivity contribution is -0.478. The largest absolute Gasteiger partial charge is 0.361 e. The highest BCUT2D eigenvalue weighted by molar-refractivity contribution is 5.55. The number of hydrogen-bond acceptors (Lipinski definition) is 4. The van der Waals surface area contributed by atoms with Gasteiger partial charge in [0.15, 0.2) is 5.54 Å². The lowest BCUT2D eigenvalue weighted by Gasteiger charge is -2.14. The number of hydrogen-bond donors (Lipinski definition) is 2. The van der Waals surface area contributed by atoms with Crippen molar-refractivity contribution in [3.8, 4) is 0 Å². The van der Waals surface area contributed by atoms with Crippen molar-refractivity contribution >= 4 is 13.1 Å². The fourth-order valence-electron chi connectivity index (χ4n) is 2.76. The van der Waals surface area contributed by atoms with E-state index in [1.54, 1.807) is 17.7 Å². The minimum atomic E-state index is -1.42. The normalized spacial score (nSPS) is 35.6. The smallest absolute Gasteiger partial charge is 0.288 e. The van der Waals surface area contributed by atoms with Crippen molar-refractivity contribution in [3.63, 3.8) is 0 Å². The van der Waals surface area contributed by atoms with Gasteiger partial charge in [-0.15, -0.1) is 0 Å². The number of nitrogens with one attached hydrogen (secondary N) is 1. The highest BCUT2D eigenvalue weighted by Gasteiger charge is 2.89. The number of nitrogens with zero attached hydrogens (tertiary/aromatic N) is 2. The Hall–Kier alpha value is -1.72. The molecule has 0 saturated heterocycles. The van der Waals surface area contributed by atoms with E-state index in [1.165, 1.54) is 13.4 Å². The summed E-state index contributed by atoms with van der Waals surface area (Å²) in [5, 5.41) is 13.6. The van der Waals surface area contributed by atoms with Crippen LogP contribution in [0, 0.1) is 5.41 Å². The predicted octanol–water partition coefficient (Wildman–Crippen LogP) is 1.27. The second kappa shape index (κ2) is 5.00. The molecule has 1 fully saturated rings. The lowest BCUT2D eigenvalue weighted by Crippen LogP contribution is -2.35. The van der Waals surface area contributed by atoms with Crippen LogP contribution < -0.4 is 5.32 Å². The Morgan fingerprint density at radius 1 is 1.40 bits per heavy atom. The highest BCUT2D eigenvalue weighted by atomic mass is 16.6. The average Bonchev–Trinajstić information content (AvgIpc) is 2.87. The van der Waals surface area contributed by atoms with Crippen LogP contribution in [-0.2, 0) is 4.74 Å². The molecule has 5 nitrogen and oxygen atoms in total. The summed E-state index contributed by atoms with van der Waals surface area (Å²) >= 11 is 0.